The van der Waals surface area contributed by atoms with Gasteiger partial charge in [0.2, 0.25) is 0 Å². The highest BCUT2D eigenvalue weighted by molar-refractivity contribution is 5.50. The average molecular weight is 221 g/mol. The van der Waals surface area contributed by atoms with E-state index in [-0.39, 0.29) is 0 Å². The summed E-state index contributed by atoms with van der Waals surface area (Å²) in [6, 6.07) is 8.34. The molecule has 0 fully saturated rings. The molecule has 0 unspecified atom stereocenters. The number of benzene rings is 1. The molecule has 1 aromatic rings. The van der Waals surface area contributed by atoms with Crippen LogP contribution in [0.1, 0.15) is 27.7 Å². The summed E-state index contributed by atoms with van der Waals surface area (Å²) < 4.78 is 5.52. The molecule has 1 rings (SSSR count). The first-order valence-electron chi connectivity index (χ1n) is 6.15. The summed E-state index contributed by atoms with van der Waals surface area (Å²) in [6.45, 7) is 11.5. The Balaban J connectivity index is 2.79. The Kier molecular flexibility index (Phi) is 5.17. The highest BCUT2D eigenvalue weighted by Gasteiger charge is 2.07. The van der Waals surface area contributed by atoms with Crippen molar-refractivity contribution in [3.05, 3.63) is 24.3 Å². The minimum atomic E-state index is 0.677. The summed E-state index contributed by atoms with van der Waals surface area (Å²) >= 11 is 0. The van der Waals surface area contributed by atoms with Crippen molar-refractivity contribution in [3.8, 4) is 5.75 Å². The Morgan fingerprint density at radius 3 is 2.56 bits per heavy atom. The molecule has 0 radical (unpaired) electrons. The van der Waals surface area contributed by atoms with Crippen LogP contribution >= 0.6 is 0 Å². The van der Waals surface area contributed by atoms with Crippen molar-refractivity contribution in [1.82, 2.24) is 0 Å². The number of rotatable bonds is 6. The standard InChI is InChI=1S/C14H23NO/c1-5-15(11-12(3)4)13-8-7-9-14(10-13)16-6-2/h7-10,12H,5-6,11H2,1-4H3. The minimum absolute atomic E-state index is 0.677. The maximum absolute atomic E-state index is 5.52. The van der Waals surface area contributed by atoms with E-state index in [1.54, 1.807) is 0 Å². The Morgan fingerprint density at radius 2 is 2.00 bits per heavy atom. The average Bonchev–Trinajstić information content (AvgIpc) is 2.26. The summed E-state index contributed by atoms with van der Waals surface area (Å²) in [7, 11) is 0. The quantitative estimate of drug-likeness (QED) is 0.728. The van der Waals surface area contributed by atoms with E-state index < -0.39 is 0 Å². The zero-order valence-corrected chi connectivity index (χ0v) is 10.9. The van der Waals surface area contributed by atoms with Crippen LogP contribution < -0.4 is 9.64 Å². The topological polar surface area (TPSA) is 12.5 Å². The molecule has 2 nitrogen and oxygen atoms in total. The third-order valence-corrected chi connectivity index (χ3v) is 2.46. The molecule has 16 heavy (non-hydrogen) atoms. The van der Waals surface area contributed by atoms with E-state index >= 15 is 0 Å². The van der Waals surface area contributed by atoms with Gasteiger partial charge in [-0.2, -0.15) is 0 Å². The first-order valence-corrected chi connectivity index (χ1v) is 6.15. The van der Waals surface area contributed by atoms with Crippen molar-refractivity contribution >= 4 is 5.69 Å². The largest absolute Gasteiger partial charge is 0.494 e. The van der Waals surface area contributed by atoms with Gasteiger partial charge in [-0.3, -0.25) is 0 Å². The molecule has 90 valence electrons. The second-order valence-corrected chi connectivity index (χ2v) is 4.36. The lowest BCUT2D eigenvalue weighted by molar-refractivity contribution is 0.340. The van der Waals surface area contributed by atoms with Crippen molar-refractivity contribution in [3.63, 3.8) is 0 Å². The van der Waals surface area contributed by atoms with Gasteiger partial charge >= 0.3 is 0 Å². The van der Waals surface area contributed by atoms with Crippen LogP contribution in [0.4, 0.5) is 5.69 Å². The third kappa shape index (κ3) is 3.76. The van der Waals surface area contributed by atoms with E-state index in [0.29, 0.717) is 5.92 Å². The van der Waals surface area contributed by atoms with Gasteiger partial charge in [-0.05, 0) is 31.9 Å². The number of hydrogen-bond donors (Lipinski definition) is 0. The number of ether oxygens (including phenoxy) is 1. The molecule has 1 aromatic carbocycles. The lowest BCUT2D eigenvalue weighted by Crippen LogP contribution is -2.27. The third-order valence-electron chi connectivity index (χ3n) is 2.46. The molecule has 2 heteroatoms. The van der Waals surface area contributed by atoms with Crippen LogP contribution in [0.5, 0.6) is 5.75 Å². The Morgan fingerprint density at radius 1 is 1.25 bits per heavy atom. The van der Waals surface area contributed by atoms with Crippen molar-refractivity contribution in [2.24, 2.45) is 5.92 Å². The zero-order valence-electron chi connectivity index (χ0n) is 10.9. The SMILES string of the molecule is CCOc1cccc(N(CC)CC(C)C)c1. The maximum atomic E-state index is 5.52. The fourth-order valence-electron chi connectivity index (χ4n) is 1.79. The van der Waals surface area contributed by atoms with Gasteiger partial charge in [-0.15, -0.1) is 0 Å². The predicted octanol–water partition coefficient (Wildman–Crippen LogP) is 3.57. The second kappa shape index (κ2) is 6.41. The van der Waals surface area contributed by atoms with E-state index in [4.69, 9.17) is 4.74 Å². The monoisotopic (exact) mass is 221 g/mol. The Bertz CT molecular complexity index is 309. The first kappa shape index (κ1) is 12.9. The molecule has 0 aliphatic carbocycles. The lowest BCUT2D eigenvalue weighted by atomic mass is 10.2. The molecule has 0 amide bonds. The van der Waals surface area contributed by atoms with E-state index in [0.717, 1.165) is 25.4 Å². The van der Waals surface area contributed by atoms with E-state index in [1.165, 1.54) is 5.69 Å². The van der Waals surface area contributed by atoms with Gasteiger partial charge in [0.15, 0.2) is 0 Å². The molecular weight excluding hydrogens is 198 g/mol. The summed E-state index contributed by atoms with van der Waals surface area (Å²) in [6.07, 6.45) is 0. The van der Waals surface area contributed by atoms with Gasteiger partial charge in [-0.1, -0.05) is 19.9 Å². The highest BCUT2D eigenvalue weighted by atomic mass is 16.5. The van der Waals surface area contributed by atoms with Crippen molar-refractivity contribution < 1.29 is 4.74 Å². The number of hydrogen-bond acceptors (Lipinski definition) is 2. The van der Waals surface area contributed by atoms with Gasteiger partial charge in [0.05, 0.1) is 6.61 Å². The van der Waals surface area contributed by atoms with Crippen LogP contribution in [0.15, 0.2) is 24.3 Å². The molecule has 0 heterocycles. The van der Waals surface area contributed by atoms with Gasteiger partial charge in [0.25, 0.3) is 0 Å². The van der Waals surface area contributed by atoms with Gasteiger partial charge in [0, 0.05) is 24.8 Å². The van der Waals surface area contributed by atoms with Crippen molar-refractivity contribution in [1.29, 1.82) is 0 Å². The fraction of sp³-hybridized carbons (Fsp3) is 0.571. The smallest absolute Gasteiger partial charge is 0.121 e. The molecule has 0 saturated carbocycles. The number of nitrogens with zero attached hydrogens (tertiary/aromatic N) is 1. The molecule has 0 bridgehead atoms. The summed E-state index contributed by atoms with van der Waals surface area (Å²) in [5, 5.41) is 0. The van der Waals surface area contributed by atoms with Crippen LogP contribution in [0.25, 0.3) is 0 Å². The normalized spacial score (nSPS) is 10.6. The molecular formula is C14H23NO. The second-order valence-electron chi connectivity index (χ2n) is 4.36. The van der Waals surface area contributed by atoms with Crippen LogP contribution in [0.3, 0.4) is 0 Å². The molecule has 0 atom stereocenters. The van der Waals surface area contributed by atoms with Crippen LogP contribution in [-0.4, -0.2) is 19.7 Å². The lowest BCUT2D eigenvalue weighted by Gasteiger charge is -2.25. The van der Waals surface area contributed by atoms with Gasteiger partial charge in [0.1, 0.15) is 5.75 Å². The van der Waals surface area contributed by atoms with Crippen LogP contribution in [0, 0.1) is 5.92 Å². The van der Waals surface area contributed by atoms with Crippen LogP contribution in [0.2, 0.25) is 0 Å². The van der Waals surface area contributed by atoms with Crippen molar-refractivity contribution in [2.75, 3.05) is 24.6 Å². The molecule has 0 saturated heterocycles. The number of anilines is 1. The van der Waals surface area contributed by atoms with Gasteiger partial charge in [-0.25, -0.2) is 0 Å². The molecule has 0 aliphatic rings. The van der Waals surface area contributed by atoms with Gasteiger partial charge < -0.3 is 9.64 Å². The van der Waals surface area contributed by atoms with E-state index in [1.807, 2.05) is 13.0 Å². The molecule has 0 aliphatic heterocycles. The van der Waals surface area contributed by atoms with E-state index in [2.05, 4.69) is 43.9 Å². The highest BCUT2D eigenvalue weighted by Crippen LogP contribution is 2.21. The summed E-state index contributed by atoms with van der Waals surface area (Å²) in [5.41, 5.74) is 1.25. The minimum Gasteiger partial charge on any atom is -0.494 e. The summed E-state index contributed by atoms with van der Waals surface area (Å²) in [5.74, 6) is 1.64. The fourth-order valence-corrected chi connectivity index (χ4v) is 1.79. The maximum Gasteiger partial charge on any atom is 0.121 e. The van der Waals surface area contributed by atoms with Crippen molar-refractivity contribution in [2.45, 2.75) is 27.7 Å². The first-order chi connectivity index (χ1) is 7.67. The predicted molar refractivity (Wildman–Crippen MR) is 70.3 cm³/mol. The Labute approximate surface area is 99.2 Å². The molecule has 0 spiro atoms. The summed E-state index contributed by atoms with van der Waals surface area (Å²) in [4.78, 5) is 2.38. The molecule has 0 N–H and O–H groups in total. The van der Waals surface area contributed by atoms with Crippen LogP contribution in [-0.2, 0) is 0 Å². The molecule has 0 aromatic heterocycles. The van der Waals surface area contributed by atoms with E-state index in [9.17, 15) is 0 Å². The Hall–Kier alpha value is -1.18. The zero-order chi connectivity index (χ0) is 12.0.